The van der Waals surface area contributed by atoms with Crippen LogP contribution in [0.4, 0.5) is 11.4 Å². The number of rotatable bonds is 0. The normalized spacial score (nSPS) is 7.73. The number of benzene rings is 1. The second kappa shape index (κ2) is 5.10. The Morgan fingerprint density at radius 1 is 1.09 bits per heavy atom. The number of hydrogen-bond acceptors (Lipinski definition) is 2. The summed E-state index contributed by atoms with van der Waals surface area (Å²) in [7, 11) is 0. The molecule has 0 saturated heterocycles. The van der Waals surface area contributed by atoms with Gasteiger partial charge in [-0.15, -0.1) is 24.8 Å². The van der Waals surface area contributed by atoms with Crippen molar-refractivity contribution in [3.8, 4) is 0 Å². The van der Waals surface area contributed by atoms with E-state index in [0.29, 0.717) is 0 Å². The van der Waals surface area contributed by atoms with Crippen molar-refractivity contribution in [2.45, 2.75) is 6.92 Å². The van der Waals surface area contributed by atoms with Crippen molar-refractivity contribution < 1.29 is 0 Å². The Morgan fingerprint density at radius 3 is 2.00 bits per heavy atom. The van der Waals surface area contributed by atoms with E-state index in [2.05, 4.69) is 0 Å². The molecule has 0 saturated carbocycles. The molecular formula is C7H12Cl2N2. The summed E-state index contributed by atoms with van der Waals surface area (Å²) in [6.45, 7) is 1.95. The fourth-order valence-electron chi connectivity index (χ4n) is 0.659. The summed E-state index contributed by atoms with van der Waals surface area (Å²) in [6.07, 6.45) is 0. The third-order valence-electron chi connectivity index (χ3n) is 1.30. The molecule has 0 heterocycles. The minimum atomic E-state index is 0. The minimum absolute atomic E-state index is 0. The van der Waals surface area contributed by atoms with E-state index < -0.39 is 0 Å². The monoisotopic (exact) mass is 194 g/mol. The lowest BCUT2D eigenvalue weighted by molar-refractivity contribution is 1.47. The summed E-state index contributed by atoms with van der Waals surface area (Å²) < 4.78 is 0. The molecule has 0 unspecified atom stereocenters. The van der Waals surface area contributed by atoms with Gasteiger partial charge in [-0.1, -0.05) is 6.07 Å². The van der Waals surface area contributed by atoms with E-state index in [-0.39, 0.29) is 24.8 Å². The van der Waals surface area contributed by atoms with Crippen molar-refractivity contribution in [1.82, 2.24) is 0 Å². The number of nitrogens with two attached hydrogens (primary N) is 2. The average molecular weight is 195 g/mol. The first kappa shape index (κ1) is 13.0. The van der Waals surface area contributed by atoms with Crippen LogP contribution in [0, 0.1) is 6.92 Å². The van der Waals surface area contributed by atoms with Crippen molar-refractivity contribution in [1.29, 1.82) is 0 Å². The number of nitrogen functional groups attached to an aromatic ring is 2. The zero-order chi connectivity index (χ0) is 6.85. The van der Waals surface area contributed by atoms with E-state index >= 15 is 0 Å². The molecule has 4 heteroatoms. The quantitative estimate of drug-likeness (QED) is 0.622. The van der Waals surface area contributed by atoms with Crippen molar-refractivity contribution in [3.63, 3.8) is 0 Å². The Morgan fingerprint density at radius 2 is 1.64 bits per heavy atom. The average Bonchev–Trinajstić information content (AvgIpc) is 1.80. The Bertz CT molecular complexity index is 226. The van der Waals surface area contributed by atoms with Crippen LogP contribution >= 0.6 is 24.8 Å². The van der Waals surface area contributed by atoms with Crippen molar-refractivity contribution >= 4 is 36.2 Å². The first-order chi connectivity index (χ1) is 4.20. The van der Waals surface area contributed by atoms with E-state index in [1.54, 1.807) is 6.07 Å². The highest BCUT2D eigenvalue weighted by molar-refractivity contribution is 5.85. The molecule has 1 aromatic carbocycles. The predicted octanol–water partition coefficient (Wildman–Crippen LogP) is 2.00. The number of anilines is 2. The number of halogens is 2. The molecule has 0 spiro atoms. The second-order valence-electron chi connectivity index (χ2n) is 2.12. The predicted molar refractivity (Wildman–Crippen MR) is 54.5 cm³/mol. The highest BCUT2D eigenvalue weighted by Crippen LogP contribution is 2.13. The summed E-state index contributed by atoms with van der Waals surface area (Å²) in [6, 6.07) is 5.51. The molecule has 0 amide bonds. The van der Waals surface area contributed by atoms with Crippen LogP contribution in [0.15, 0.2) is 18.2 Å². The molecule has 1 aromatic rings. The molecule has 2 nitrogen and oxygen atoms in total. The summed E-state index contributed by atoms with van der Waals surface area (Å²) in [5.41, 5.74) is 13.5. The molecule has 0 aliphatic carbocycles. The lowest BCUT2D eigenvalue weighted by atomic mass is 10.2. The van der Waals surface area contributed by atoms with E-state index in [0.717, 1.165) is 16.9 Å². The maximum absolute atomic E-state index is 5.54. The van der Waals surface area contributed by atoms with Crippen LogP contribution in [-0.2, 0) is 0 Å². The first-order valence-electron chi connectivity index (χ1n) is 2.82. The van der Waals surface area contributed by atoms with Gasteiger partial charge in [0.2, 0.25) is 0 Å². The van der Waals surface area contributed by atoms with Crippen LogP contribution in [-0.4, -0.2) is 0 Å². The first-order valence-corrected chi connectivity index (χ1v) is 2.82. The van der Waals surface area contributed by atoms with Gasteiger partial charge in [0.25, 0.3) is 0 Å². The number of hydrogen-bond donors (Lipinski definition) is 2. The van der Waals surface area contributed by atoms with Crippen molar-refractivity contribution in [3.05, 3.63) is 23.8 Å². The lowest BCUT2D eigenvalue weighted by Crippen LogP contribution is -1.91. The molecule has 11 heavy (non-hydrogen) atoms. The van der Waals surface area contributed by atoms with E-state index in [4.69, 9.17) is 11.5 Å². The zero-order valence-corrected chi connectivity index (χ0v) is 7.84. The summed E-state index contributed by atoms with van der Waals surface area (Å²) in [5.74, 6) is 0. The van der Waals surface area contributed by atoms with Gasteiger partial charge in [-0.05, 0) is 24.6 Å². The maximum atomic E-state index is 5.54. The van der Waals surface area contributed by atoms with Crippen LogP contribution < -0.4 is 11.5 Å². The Kier molecular flexibility index (Phi) is 6.04. The molecule has 0 fully saturated rings. The molecule has 64 valence electrons. The standard InChI is InChI=1S/C7H10N2.2ClH/c1-5-2-3-6(8)4-7(5)9;;/h2-4H,8-9H2,1H3;2*1H. The van der Waals surface area contributed by atoms with Gasteiger partial charge in [0, 0.05) is 11.4 Å². The SMILES string of the molecule is Cc1ccc(N)cc1N.Cl.Cl. The van der Waals surface area contributed by atoms with Crippen LogP contribution in [0.2, 0.25) is 0 Å². The molecule has 1 rings (SSSR count). The van der Waals surface area contributed by atoms with Gasteiger partial charge in [-0.3, -0.25) is 0 Å². The number of aryl methyl sites for hydroxylation is 1. The third kappa shape index (κ3) is 3.35. The molecule has 0 aliphatic rings. The van der Waals surface area contributed by atoms with Crippen molar-refractivity contribution in [2.75, 3.05) is 11.5 Å². The minimum Gasteiger partial charge on any atom is -0.399 e. The second-order valence-corrected chi connectivity index (χ2v) is 2.12. The fourth-order valence-corrected chi connectivity index (χ4v) is 0.659. The van der Waals surface area contributed by atoms with Crippen LogP contribution in [0.5, 0.6) is 0 Å². The van der Waals surface area contributed by atoms with E-state index in [1.165, 1.54) is 0 Å². The summed E-state index contributed by atoms with van der Waals surface area (Å²) in [5, 5.41) is 0. The van der Waals surface area contributed by atoms with Gasteiger partial charge in [0.05, 0.1) is 0 Å². The Labute approximate surface area is 78.8 Å². The van der Waals surface area contributed by atoms with Gasteiger partial charge in [0.1, 0.15) is 0 Å². The van der Waals surface area contributed by atoms with Gasteiger partial charge >= 0.3 is 0 Å². The smallest absolute Gasteiger partial charge is 0.0364 e. The van der Waals surface area contributed by atoms with Crippen LogP contribution in [0.1, 0.15) is 5.56 Å². The Hall–Kier alpha value is -0.600. The summed E-state index contributed by atoms with van der Waals surface area (Å²) in [4.78, 5) is 0. The van der Waals surface area contributed by atoms with Crippen LogP contribution in [0.3, 0.4) is 0 Å². The molecule has 0 radical (unpaired) electrons. The third-order valence-corrected chi connectivity index (χ3v) is 1.30. The molecular weight excluding hydrogens is 183 g/mol. The molecule has 0 aromatic heterocycles. The van der Waals surface area contributed by atoms with Crippen molar-refractivity contribution in [2.24, 2.45) is 0 Å². The highest BCUT2D eigenvalue weighted by atomic mass is 35.5. The summed E-state index contributed by atoms with van der Waals surface area (Å²) >= 11 is 0. The maximum Gasteiger partial charge on any atom is 0.0364 e. The van der Waals surface area contributed by atoms with Gasteiger partial charge in [-0.25, -0.2) is 0 Å². The molecule has 0 atom stereocenters. The van der Waals surface area contributed by atoms with Gasteiger partial charge < -0.3 is 11.5 Å². The van der Waals surface area contributed by atoms with Crippen LogP contribution in [0.25, 0.3) is 0 Å². The lowest BCUT2D eigenvalue weighted by Gasteiger charge is -1.98. The highest BCUT2D eigenvalue weighted by Gasteiger charge is 1.90. The molecule has 0 aliphatic heterocycles. The zero-order valence-electron chi connectivity index (χ0n) is 6.20. The topological polar surface area (TPSA) is 52.0 Å². The van der Waals surface area contributed by atoms with E-state index in [9.17, 15) is 0 Å². The fraction of sp³-hybridized carbons (Fsp3) is 0.143. The molecule has 0 bridgehead atoms. The van der Waals surface area contributed by atoms with Gasteiger partial charge in [-0.2, -0.15) is 0 Å². The molecule has 4 N–H and O–H groups in total. The largest absolute Gasteiger partial charge is 0.399 e. The van der Waals surface area contributed by atoms with E-state index in [1.807, 2.05) is 19.1 Å². The van der Waals surface area contributed by atoms with Gasteiger partial charge in [0.15, 0.2) is 0 Å². The Balaban J connectivity index is 0.